The predicted octanol–water partition coefficient (Wildman–Crippen LogP) is 2.65. The first-order chi connectivity index (χ1) is 10.2. The van der Waals surface area contributed by atoms with Crippen LogP contribution in [-0.2, 0) is 18.3 Å². The Morgan fingerprint density at radius 3 is 3.10 bits per heavy atom. The third-order valence-corrected chi connectivity index (χ3v) is 5.27. The summed E-state index contributed by atoms with van der Waals surface area (Å²) in [6.07, 6.45) is 3.76. The average Bonchev–Trinajstić information content (AvgIpc) is 3.10. The third-order valence-electron chi connectivity index (χ3n) is 4.28. The van der Waals surface area contributed by atoms with Crippen LogP contribution in [0.1, 0.15) is 31.7 Å². The van der Waals surface area contributed by atoms with Crippen LogP contribution >= 0.6 is 11.3 Å². The van der Waals surface area contributed by atoms with E-state index in [9.17, 15) is 4.79 Å². The molecule has 0 aliphatic carbocycles. The number of aryl methyl sites for hydroxylation is 1. The van der Waals surface area contributed by atoms with Crippen LogP contribution in [-0.4, -0.2) is 23.3 Å². The monoisotopic (exact) mass is 306 g/mol. The maximum absolute atomic E-state index is 11.7. The number of benzene rings is 1. The third kappa shape index (κ3) is 3.05. The maximum Gasteiger partial charge on any atom is 0.307 e. The van der Waals surface area contributed by atoms with Gasteiger partial charge in [-0.15, -0.1) is 0 Å². The molecule has 0 amide bonds. The highest BCUT2D eigenvalue weighted by atomic mass is 32.1. The molecule has 0 bridgehead atoms. The van der Waals surface area contributed by atoms with Gasteiger partial charge in [0.1, 0.15) is 0 Å². The van der Waals surface area contributed by atoms with Crippen molar-refractivity contribution in [2.75, 3.05) is 6.61 Å². The van der Waals surface area contributed by atoms with Crippen LogP contribution in [0.15, 0.2) is 23.0 Å². The number of nitrogens with one attached hydrogen (secondary N) is 1. The normalized spacial score (nSPS) is 20.2. The molecule has 0 unspecified atom stereocenters. The lowest BCUT2D eigenvalue weighted by Crippen LogP contribution is -2.38. The van der Waals surface area contributed by atoms with E-state index in [4.69, 9.17) is 4.74 Å². The molecule has 1 fully saturated rings. The second-order valence-corrected chi connectivity index (χ2v) is 6.67. The van der Waals surface area contributed by atoms with Gasteiger partial charge in [0.2, 0.25) is 0 Å². The fourth-order valence-corrected chi connectivity index (χ4v) is 3.94. The van der Waals surface area contributed by atoms with Crippen LogP contribution in [0.25, 0.3) is 10.2 Å². The molecule has 1 aromatic carbocycles. The number of hydrogen-bond acceptors (Lipinski definition) is 4. The first-order valence-electron chi connectivity index (χ1n) is 7.62. The summed E-state index contributed by atoms with van der Waals surface area (Å²) in [4.78, 5) is 11.8. The molecule has 1 saturated heterocycles. The van der Waals surface area contributed by atoms with Gasteiger partial charge >= 0.3 is 4.87 Å². The van der Waals surface area contributed by atoms with Crippen LogP contribution in [0.3, 0.4) is 0 Å². The van der Waals surface area contributed by atoms with Crippen LogP contribution in [0.5, 0.6) is 0 Å². The molecular weight excluding hydrogens is 284 g/mol. The zero-order valence-electron chi connectivity index (χ0n) is 12.6. The van der Waals surface area contributed by atoms with Crippen molar-refractivity contribution in [3.63, 3.8) is 0 Å². The minimum atomic E-state index is 0.0981. The predicted molar refractivity (Wildman–Crippen MR) is 87.0 cm³/mol. The van der Waals surface area contributed by atoms with Gasteiger partial charge in [-0.25, -0.2) is 0 Å². The standard InChI is InChI=1S/C16H22N2O2S/c1-3-12(14-5-4-8-20-14)17-10-11-6-7-13-15(9-11)21-16(19)18(13)2/h6-7,9,12,14,17H,3-5,8,10H2,1-2H3/t12-,14-/m1/s1. The summed E-state index contributed by atoms with van der Waals surface area (Å²) >= 11 is 1.31. The van der Waals surface area contributed by atoms with E-state index in [-0.39, 0.29) is 4.87 Å². The van der Waals surface area contributed by atoms with Gasteiger partial charge < -0.3 is 14.6 Å². The zero-order valence-corrected chi connectivity index (χ0v) is 13.4. The van der Waals surface area contributed by atoms with E-state index in [0.29, 0.717) is 12.1 Å². The molecule has 1 aromatic heterocycles. The van der Waals surface area contributed by atoms with Gasteiger partial charge in [0.25, 0.3) is 0 Å². The Hall–Kier alpha value is -1.17. The highest BCUT2D eigenvalue weighted by Gasteiger charge is 2.23. The molecule has 0 radical (unpaired) electrons. The topological polar surface area (TPSA) is 43.3 Å². The van der Waals surface area contributed by atoms with E-state index in [1.807, 2.05) is 13.1 Å². The van der Waals surface area contributed by atoms with Crippen LogP contribution < -0.4 is 10.2 Å². The fourth-order valence-electron chi connectivity index (χ4n) is 3.00. The second-order valence-electron chi connectivity index (χ2n) is 5.68. The lowest BCUT2D eigenvalue weighted by molar-refractivity contribution is 0.0765. The van der Waals surface area contributed by atoms with Gasteiger partial charge in [0.05, 0.1) is 16.3 Å². The Kier molecular flexibility index (Phi) is 4.42. The summed E-state index contributed by atoms with van der Waals surface area (Å²) in [6.45, 7) is 3.92. The van der Waals surface area contributed by atoms with E-state index in [2.05, 4.69) is 24.4 Å². The number of nitrogens with zero attached hydrogens (tertiary/aromatic N) is 1. The van der Waals surface area contributed by atoms with Crippen molar-refractivity contribution in [3.8, 4) is 0 Å². The van der Waals surface area contributed by atoms with E-state index in [1.165, 1.54) is 23.3 Å². The summed E-state index contributed by atoms with van der Waals surface area (Å²) < 4.78 is 8.55. The summed E-state index contributed by atoms with van der Waals surface area (Å²) in [6, 6.07) is 6.68. The lowest BCUT2D eigenvalue weighted by atomic mass is 10.1. The molecule has 0 saturated carbocycles. The molecule has 4 nitrogen and oxygen atoms in total. The van der Waals surface area contributed by atoms with Gasteiger partial charge in [0.15, 0.2) is 0 Å². The molecule has 2 heterocycles. The van der Waals surface area contributed by atoms with E-state index in [1.54, 1.807) is 4.57 Å². The molecule has 3 rings (SSSR count). The first-order valence-corrected chi connectivity index (χ1v) is 8.44. The number of thiazole rings is 1. The van der Waals surface area contributed by atoms with Gasteiger partial charge in [-0.1, -0.05) is 24.3 Å². The fraction of sp³-hybridized carbons (Fsp3) is 0.562. The Morgan fingerprint density at radius 2 is 2.38 bits per heavy atom. The van der Waals surface area contributed by atoms with Crippen molar-refractivity contribution in [2.24, 2.45) is 7.05 Å². The van der Waals surface area contributed by atoms with Crippen molar-refractivity contribution in [3.05, 3.63) is 33.4 Å². The SMILES string of the molecule is CC[C@@H](NCc1ccc2c(c1)sc(=O)n2C)[C@H]1CCCO1. The first kappa shape index (κ1) is 14.8. The molecule has 1 aliphatic heterocycles. The number of rotatable bonds is 5. The van der Waals surface area contributed by atoms with Crippen LogP contribution in [0.4, 0.5) is 0 Å². The molecule has 2 aromatic rings. The molecular formula is C16H22N2O2S. The number of aromatic nitrogens is 1. The minimum Gasteiger partial charge on any atom is -0.377 e. The van der Waals surface area contributed by atoms with Crippen molar-refractivity contribution in [2.45, 2.75) is 44.9 Å². The van der Waals surface area contributed by atoms with E-state index >= 15 is 0 Å². The smallest absolute Gasteiger partial charge is 0.307 e. The van der Waals surface area contributed by atoms with Crippen molar-refractivity contribution in [1.29, 1.82) is 0 Å². The van der Waals surface area contributed by atoms with Crippen LogP contribution in [0.2, 0.25) is 0 Å². The number of fused-ring (bicyclic) bond motifs is 1. The largest absolute Gasteiger partial charge is 0.377 e. The van der Waals surface area contributed by atoms with Gasteiger partial charge in [-0.3, -0.25) is 4.79 Å². The summed E-state index contributed by atoms with van der Waals surface area (Å²) in [7, 11) is 1.82. The van der Waals surface area contributed by atoms with Crippen molar-refractivity contribution >= 4 is 21.6 Å². The summed E-state index contributed by atoms with van der Waals surface area (Å²) in [5.74, 6) is 0. The van der Waals surface area contributed by atoms with E-state index < -0.39 is 0 Å². The molecule has 5 heteroatoms. The van der Waals surface area contributed by atoms with E-state index in [0.717, 1.165) is 36.2 Å². The highest BCUT2D eigenvalue weighted by Crippen LogP contribution is 2.20. The quantitative estimate of drug-likeness (QED) is 0.923. The molecule has 1 aliphatic rings. The highest BCUT2D eigenvalue weighted by molar-refractivity contribution is 7.16. The minimum absolute atomic E-state index is 0.0981. The Balaban J connectivity index is 1.71. The second kappa shape index (κ2) is 6.30. The van der Waals surface area contributed by atoms with Crippen molar-refractivity contribution < 1.29 is 4.74 Å². The molecule has 114 valence electrons. The van der Waals surface area contributed by atoms with Gasteiger partial charge in [-0.05, 0) is 37.0 Å². The molecule has 1 N–H and O–H groups in total. The Morgan fingerprint density at radius 1 is 1.52 bits per heavy atom. The Bertz CT molecular complexity index is 670. The molecule has 2 atom stereocenters. The van der Waals surface area contributed by atoms with Crippen molar-refractivity contribution in [1.82, 2.24) is 9.88 Å². The van der Waals surface area contributed by atoms with Gasteiger partial charge in [-0.2, -0.15) is 0 Å². The summed E-state index contributed by atoms with van der Waals surface area (Å²) in [5.41, 5.74) is 2.24. The Labute approximate surface area is 128 Å². The number of hydrogen-bond donors (Lipinski definition) is 1. The van der Waals surface area contributed by atoms with Crippen LogP contribution in [0, 0.1) is 0 Å². The molecule has 0 spiro atoms. The molecule has 21 heavy (non-hydrogen) atoms. The number of ether oxygens (including phenoxy) is 1. The zero-order chi connectivity index (χ0) is 14.8. The summed E-state index contributed by atoms with van der Waals surface area (Å²) in [5, 5.41) is 3.61. The average molecular weight is 306 g/mol. The maximum atomic E-state index is 11.7. The lowest BCUT2D eigenvalue weighted by Gasteiger charge is -2.23. The van der Waals surface area contributed by atoms with Gasteiger partial charge in [0, 0.05) is 26.2 Å².